The van der Waals surface area contributed by atoms with Crippen LogP contribution in [0.2, 0.25) is 0 Å². The standard InChI is InChI=1S/C8H13NO4/c1-12-8(13-2)5-9-6(10)3-4-7(9)11/h3-4,8,10-11H,5H2,1-2H3. The summed E-state index contributed by atoms with van der Waals surface area (Å²) < 4.78 is 11.1. The zero-order valence-corrected chi connectivity index (χ0v) is 7.60. The number of ether oxygens (including phenoxy) is 2. The molecule has 0 saturated heterocycles. The SMILES string of the molecule is COC(Cn1c(O)ccc1O)OC. The van der Waals surface area contributed by atoms with Crippen LogP contribution < -0.4 is 0 Å². The lowest BCUT2D eigenvalue weighted by Crippen LogP contribution is -2.19. The smallest absolute Gasteiger partial charge is 0.194 e. The highest BCUT2D eigenvalue weighted by Crippen LogP contribution is 2.21. The third kappa shape index (κ3) is 2.13. The highest BCUT2D eigenvalue weighted by atomic mass is 16.7. The van der Waals surface area contributed by atoms with E-state index in [1.54, 1.807) is 0 Å². The topological polar surface area (TPSA) is 63.9 Å². The molecule has 0 aromatic carbocycles. The van der Waals surface area contributed by atoms with E-state index in [4.69, 9.17) is 9.47 Å². The number of nitrogens with zero attached hydrogens (tertiary/aromatic N) is 1. The molecular formula is C8H13NO4. The van der Waals surface area contributed by atoms with E-state index in [9.17, 15) is 10.2 Å². The van der Waals surface area contributed by atoms with Crippen molar-refractivity contribution in [3.63, 3.8) is 0 Å². The van der Waals surface area contributed by atoms with Crippen molar-refractivity contribution < 1.29 is 19.7 Å². The molecule has 2 N–H and O–H groups in total. The lowest BCUT2D eigenvalue weighted by Gasteiger charge is -2.15. The average molecular weight is 187 g/mol. The summed E-state index contributed by atoms with van der Waals surface area (Å²) in [7, 11) is 2.98. The van der Waals surface area contributed by atoms with Gasteiger partial charge in [0.15, 0.2) is 18.1 Å². The number of hydrogen-bond donors (Lipinski definition) is 2. The Morgan fingerprint density at radius 1 is 1.23 bits per heavy atom. The zero-order chi connectivity index (χ0) is 9.84. The number of methoxy groups -OCH3 is 2. The summed E-state index contributed by atoms with van der Waals surface area (Å²) in [6, 6.07) is 2.80. The van der Waals surface area contributed by atoms with Crippen LogP contribution >= 0.6 is 0 Å². The number of aromatic nitrogens is 1. The fraction of sp³-hybridized carbons (Fsp3) is 0.500. The van der Waals surface area contributed by atoms with Gasteiger partial charge >= 0.3 is 0 Å². The molecule has 0 unspecified atom stereocenters. The van der Waals surface area contributed by atoms with Gasteiger partial charge in [-0.25, -0.2) is 0 Å². The van der Waals surface area contributed by atoms with Gasteiger partial charge in [0.2, 0.25) is 0 Å². The van der Waals surface area contributed by atoms with Crippen LogP contribution in [0.4, 0.5) is 0 Å². The highest BCUT2D eigenvalue weighted by Gasteiger charge is 2.11. The van der Waals surface area contributed by atoms with Crippen LogP contribution in [-0.4, -0.2) is 35.3 Å². The van der Waals surface area contributed by atoms with Gasteiger partial charge in [0.05, 0.1) is 6.54 Å². The second-order valence-electron chi connectivity index (χ2n) is 2.56. The first kappa shape index (κ1) is 9.88. The molecule has 0 fully saturated rings. The van der Waals surface area contributed by atoms with Gasteiger partial charge < -0.3 is 19.7 Å². The Bertz CT molecular complexity index is 248. The van der Waals surface area contributed by atoms with Gasteiger partial charge in [0.1, 0.15) is 0 Å². The lowest BCUT2D eigenvalue weighted by atomic mass is 10.6. The minimum Gasteiger partial charge on any atom is -0.494 e. The summed E-state index contributed by atoms with van der Waals surface area (Å²) in [6.07, 6.45) is -0.482. The molecule has 0 radical (unpaired) electrons. The zero-order valence-electron chi connectivity index (χ0n) is 7.60. The number of aromatic hydroxyl groups is 2. The molecule has 0 atom stereocenters. The molecule has 0 amide bonds. The molecule has 0 spiro atoms. The maximum absolute atomic E-state index is 9.26. The molecule has 1 aromatic heterocycles. The largest absolute Gasteiger partial charge is 0.494 e. The summed E-state index contributed by atoms with van der Waals surface area (Å²) in [4.78, 5) is 0. The van der Waals surface area contributed by atoms with Crippen LogP contribution in [0.1, 0.15) is 0 Å². The normalized spacial score (nSPS) is 11.0. The predicted molar refractivity (Wildman–Crippen MR) is 45.6 cm³/mol. The molecule has 5 heteroatoms. The van der Waals surface area contributed by atoms with Crippen LogP contribution in [-0.2, 0) is 16.0 Å². The van der Waals surface area contributed by atoms with Gasteiger partial charge in [-0.2, -0.15) is 0 Å². The molecule has 0 aliphatic heterocycles. The van der Waals surface area contributed by atoms with Crippen molar-refractivity contribution in [2.75, 3.05) is 14.2 Å². The molecule has 5 nitrogen and oxygen atoms in total. The van der Waals surface area contributed by atoms with E-state index < -0.39 is 6.29 Å². The van der Waals surface area contributed by atoms with E-state index in [2.05, 4.69) is 0 Å². The molecule has 13 heavy (non-hydrogen) atoms. The Morgan fingerprint density at radius 3 is 2.08 bits per heavy atom. The van der Waals surface area contributed by atoms with Crippen molar-refractivity contribution in [3.05, 3.63) is 12.1 Å². The van der Waals surface area contributed by atoms with E-state index in [1.807, 2.05) is 0 Å². The van der Waals surface area contributed by atoms with Gasteiger partial charge in [-0.05, 0) is 0 Å². The summed E-state index contributed by atoms with van der Waals surface area (Å²) in [5.74, 6) is -0.0341. The molecule has 0 aliphatic carbocycles. The van der Waals surface area contributed by atoms with Gasteiger partial charge in [-0.1, -0.05) is 0 Å². The van der Waals surface area contributed by atoms with Crippen molar-refractivity contribution in [2.24, 2.45) is 0 Å². The van der Waals surface area contributed by atoms with E-state index >= 15 is 0 Å². The first-order valence-corrected chi connectivity index (χ1v) is 3.82. The maximum atomic E-state index is 9.26. The molecule has 0 aliphatic rings. The predicted octanol–water partition coefficient (Wildman–Crippen LogP) is 0.518. The molecule has 1 aromatic rings. The Morgan fingerprint density at radius 2 is 1.69 bits per heavy atom. The van der Waals surface area contributed by atoms with E-state index in [0.29, 0.717) is 0 Å². The minimum absolute atomic E-state index is 0.0170. The molecule has 0 saturated carbocycles. The third-order valence-electron chi connectivity index (χ3n) is 1.79. The van der Waals surface area contributed by atoms with E-state index in [-0.39, 0.29) is 18.3 Å². The first-order chi connectivity index (χ1) is 6.19. The van der Waals surface area contributed by atoms with Crippen molar-refractivity contribution in [1.29, 1.82) is 0 Å². The van der Waals surface area contributed by atoms with E-state index in [0.717, 1.165) is 0 Å². The minimum atomic E-state index is -0.482. The highest BCUT2D eigenvalue weighted by molar-refractivity contribution is 5.23. The summed E-state index contributed by atoms with van der Waals surface area (Å²) >= 11 is 0. The number of rotatable bonds is 4. The third-order valence-corrected chi connectivity index (χ3v) is 1.79. The average Bonchev–Trinajstić information content (AvgIpc) is 2.44. The Labute approximate surface area is 76.1 Å². The first-order valence-electron chi connectivity index (χ1n) is 3.82. The van der Waals surface area contributed by atoms with Gasteiger partial charge in [0.25, 0.3) is 0 Å². The summed E-state index contributed by atoms with van der Waals surface area (Å²) in [5.41, 5.74) is 0. The van der Waals surface area contributed by atoms with Crippen molar-refractivity contribution >= 4 is 0 Å². The van der Waals surface area contributed by atoms with Gasteiger partial charge in [0, 0.05) is 26.4 Å². The Kier molecular flexibility index (Phi) is 3.16. The number of hydrogen-bond acceptors (Lipinski definition) is 4. The fourth-order valence-corrected chi connectivity index (χ4v) is 1.03. The van der Waals surface area contributed by atoms with Crippen LogP contribution in [0.25, 0.3) is 0 Å². The van der Waals surface area contributed by atoms with Crippen molar-refractivity contribution in [1.82, 2.24) is 4.57 Å². The fourth-order valence-electron chi connectivity index (χ4n) is 1.03. The van der Waals surface area contributed by atoms with Crippen LogP contribution in [0.5, 0.6) is 11.8 Å². The summed E-state index contributed by atoms with van der Waals surface area (Å²) in [5, 5.41) is 18.5. The monoisotopic (exact) mass is 187 g/mol. The van der Waals surface area contributed by atoms with Crippen LogP contribution in [0.3, 0.4) is 0 Å². The summed E-state index contributed by atoms with van der Waals surface area (Å²) in [6.45, 7) is 0.248. The molecule has 0 bridgehead atoms. The second kappa shape index (κ2) is 4.15. The van der Waals surface area contributed by atoms with E-state index in [1.165, 1.54) is 30.9 Å². The van der Waals surface area contributed by atoms with Crippen molar-refractivity contribution in [3.8, 4) is 11.8 Å². The molecular weight excluding hydrogens is 174 g/mol. The van der Waals surface area contributed by atoms with Gasteiger partial charge in [-0.15, -0.1) is 0 Å². The lowest BCUT2D eigenvalue weighted by molar-refractivity contribution is -0.112. The van der Waals surface area contributed by atoms with Crippen molar-refractivity contribution in [2.45, 2.75) is 12.8 Å². The van der Waals surface area contributed by atoms with Crippen LogP contribution in [0.15, 0.2) is 12.1 Å². The maximum Gasteiger partial charge on any atom is 0.194 e. The quantitative estimate of drug-likeness (QED) is 0.674. The van der Waals surface area contributed by atoms with Gasteiger partial charge in [-0.3, -0.25) is 4.57 Å². The second-order valence-corrected chi connectivity index (χ2v) is 2.56. The molecule has 74 valence electrons. The van der Waals surface area contributed by atoms with Crippen LogP contribution in [0, 0.1) is 0 Å². The Hall–Kier alpha value is -1.20. The molecule has 1 rings (SSSR count). The Balaban J connectivity index is 2.72. The molecule has 1 heterocycles.